The predicted octanol–water partition coefficient (Wildman–Crippen LogP) is 4.74. The number of imidazole rings is 1. The minimum absolute atomic E-state index is 0.0142. The molecule has 3 aromatic rings. The minimum Gasteiger partial charge on any atom is -0.328 e. The van der Waals surface area contributed by atoms with E-state index >= 15 is 0 Å². The van der Waals surface area contributed by atoms with Gasteiger partial charge in [0.2, 0.25) is 5.91 Å². The third kappa shape index (κ3) is 3.46. The van der Waals surface area contributed by atoms with E-state index in [2.05, 4.69) is 24.5 Å². The van der Waals surface area contributed by atoms with Crippen LogP contribution in [0.2, 0.25) is 0 Å². The highest BCUT2D eigenvalue weighted by Gasteiger charge is 2.34. The molecule has 1 amide bonds. The second kappa shape index (κ2) is 7.14. The second-order valence-corrected chi connectivity index (χ2v) is 7.68. The predicted molar refractivity (Wildman–Crippen MR) is 105 cm³/mol. The SMILES string of the molecule is CC(C)CCn1c(C2CC(=O)N(c3cccc(F)c3)C2)nc2ccccc21. The van der Waals surface area contributed by atoms with Crippen LogP contribution in [-0.2, 0) is 11.3 Å². The van der Waals surface area contributed by atoms with Crippen molar-refractivity contribution in [2.75, 3.05) is 11.4 Å². The Morgan fingerprint density at radius 1 is 1.19 bits per heavy atom. The summed E-state index contributed by atoms with van der Waals surface area (Å²) in [6, 6.07) is 14.4. The lowest BCUT2D eigenvalue weighted by Crippen LogP contribution is -2.24. The lowest BCUT2D eigenvalue weighted by atomic mass is 10.1. The molecule has 1 aliphatic heterocycles. The van der Waals surface area contributed by atoms with Crippen LogP contribution in [0.4, 0.5) is 10.1 Å². The normalized spacial score (nSPS) is 17.4. The summed E-state index contributed by atoms with van der Waals surface area (Å²) in [6.45, 7) is 5.85. The van der Waals surface area contributed by atoms with E-state index in [0.717, 1.165) is 29.8 Å². The molecule has 4 nitrogen and oxygen atoms in total. The van der Waals surface area contributed by atoms with Crippen LogP contribution in [0.25, 0.3) is 11.0 Å². The van der Waals surface area contributed by atoms with Gasteiger partial charge in [-0.2, -0.15) is 0 Å². The molecule has 1 saturated heterocycles. The largest absolute Gasteiger partial charge is 0.328 e. The van der Waals surface area contributed by atoms with E-state index in [-0.39, 0.29) is 17.6 Å². The second-order valence-electron chi connectivity index (χ2n) is 7.68. The number of rotatable bonds is 5. The average molecular weight is 365 g/mol. The van der Waals surface area contributed by atoms with Gasteiger partial charge >= 0.3 is 0 Å². The third-order valence-corrected chi connectivity index (χ3v) is 5.22. The smallest absolute Gasteiger partial charge is 0.227 e. The summed E-state index contributed by atoms with van der Waals surface area (Å²) < 4.78 is 15.9. The Morgan fingerprint density at radius 3 is 2.78 bits per heavy atom. The van der Waals surface area contributed by atoms with E-state index in [1.165, 1.54) is 12.1 Å². The number of nitrogens with zero attached hydrogens (tertiary/aromatic N) is 3. The maximum Gasteiger partial charge on any atom is 0.227 e. The number of aromatic nitrogens is 2. The van der Waals surface area contributed by atoms with Crippen molar-refractivity contribution in [1.29, 1.82) is 0 Å². The first kappa shape index (κ1) is 17.7. The number of carbonyl (C=O) groups is 1. The summed E-state index contributed by atoms with van der Waals surface area (Å²) >= 11 is 0. The standard InChI is InChI=1S/C22H24FN3O/c1-15(2)10-11-25-20-9-4-3-8-19(20)24-22(25)16-12-21(27)26(14-16)18-7-5-6-17(23)13-18/h3-9,13,15-16H,10-12,14H2,1-2H3. The molecule has 140 valence electrons. The third-order valence-electron chi connectivity index (χ3n) is 5.22. The van der Waals surface area contributed by atoms with E-state index in [9.17, 15) is 9.18 Å². The molecule has 27 heavy (non-hydrogen) atoms. The Balaban J connectivity index is 1.68. The van der Waals surface area contributed by atoms with Gasteiger partial charge in [0.1, 0.15) is 11.6 Å². The van der Waals surface area contributed by atoms with Crippen LogP contribution in [0, 0.1) is 11.7 Å². The number of aryl methyl sites for hydroxylation is 1. The van der Waals surface area contributed by atoms with Crippen molar-refractivity contribution in [3.63, 3.8) is 0 Å². The lowest BCUT2D eigenvalue weighted by Gasteiger charge is -2.18. The van der Waals surface area contributed by atoms with Crippen molar-refractivity contribution < 1.29 is 9.18 Å². The number of hydrogen-bond donors (Lipinski definition) is 0. The van der Waals surface area contributed by atoms with Crippen molar-refractivity contribution in [2.24, 2.45) is 5.92 Å². The molecule has 0 saturated carbocycles. The van der Waals surface area contributed by atoms with E-state index in [4.69, 9.17) is 4.98 Å². The minimum atomic E-state index is -0.326. The fourth-order valence-corrected chi connectivity index (χ4v) is 3.80. The number of benzene rings is 2. The van der Waals surface area contributed by atoms with Gasteiger partial charge in [0.25, 0.3) is 0 Å². The molecule has 0 spiro atoms. The van der Waals surface area contributed by atoms with Crippen LogP contribution in [0.3, 0.4) is 0 Å². The highest BCUT2D eigenvalue weighted by molar-refractivity contribution is 5.96. The molecule has 0 bridgehead atoms. The summed E-state index contributed by atoms with van der Waals surface area (Å²) in [5, 5.41) is 0. The highest BCUT2D eigenvalue weighted by Crippen LogP contribution is 2.33. The molecule has 0 radical (unpaired) electrons. The van der Waals surface area contributed by atoms with E-state index < -0.39 is 0 Å². The van der Waals surface area contributed by atoms with Crippen molar-refractivity contribution in [2.45, 2.75) is 39.2 Å². The van der Waals surface area contributed by atoms with Gasteiger partial charge in [-0.1, -0.05) is 32.0 Å². The average Bonchev–Trinajstić information content (AvgIpc) is 3.20. The molecule has 1 aromatic heterocycles. The topological polar surface area (TPSA) is 38.1 Å². The van der Waals surface area contributed by atoms with Gasteiger partial charge in [-0.25, -0.2) is 9.37 Å². The summed E-state index contributed by atoms with van der Waals surface area (Å²) in [5.41, 5.74) is 2.70. The summed E-state index contributed by atoms with van der Waals surface area (Å²) in [7, 11) is 0. The maximum atomic E-state index is 13.6. The van der Waals surface area contributed by atoms with Crippen LogP contribution in [0.15, 0.2) is 48.5 Å². The Labute approximate surface area is 158 Å². The molecular formula is C22H24FN3O. The zero-order valence-electron chi connectivity index (χ0n) is 15.7. The van der Waals surface area contributed by atoms with Gasteiger partial charge in [-0.15, -0.1) is 0 Å². The Kier molecular flexibility index (Phi) is 4.68. The molecule has 2 aromatic carbocycles. The molecule has 1 atom stereocenters. The molecule has 0 N–H and O–H groups in total. The van der Waals surface area contributed by atoms with Crippen LogP contribution < -0.4 is 4.90 Å². The monoisotopic (exact) mass is 365 g/mol. The van der Waals surface area contributed by atoms with E-state index in [0.29, 0.717) is 24.6 Å². The van der Waals surface area contributed by atoms with Crippen LogP contribution in [-0.4, -0.2) is 22.0 Å². The van der Waals surface area contributed by atoms with Gasteiger partial charge in [0, 0.05) is 31.1 Å². The molecule has 4 rings (SSSR count). The van der Waals surface area contributed by atoms with E-state index in [1.54, 1.807) is 17.0 Å². The number of para-hydroxylation sites is 2. The zero-order valence-corrected chi connectivity index (χ0v) is 15.7. The molecule has 0 aliphatic carbocycles. The Hall–Kier alpha value is -2.69. The number of anilines is 1. The van der Waals surface area contributed by atoms with Crippen molar-refractivity contribution >= 4 is 22.6 Å². The molecular weight excluding hydrogens is 341 g/mol. The van der Waals surface area contributed by atoms with Gasteiger partial charge < -0.3 is 9.47 Å². The first-order valence-electron chi connectivity index (χ1n) is 9.54. The highest BCUT2D eigenvalue weighted by atomic mass is 19.1. The molecule has 5 heteroatoms. The first-order valence-corrected chi connectivity index (χ1v) is 9.54. The number of halogens is 1. The molecule has 1 aliphatic rings. The van der Waals surface area contributed by atoms with Crippen LogP contribution in [0.1, 0.15) is 38.4 Å². The van der Waals surface area contributed by atoms with Gasteiger partial charge in [0.15, 0.2) is 0 Å². The van der Waals surface area contributed by atoms with E-state index in [1.807, 2.05) is 18.2 Å². The van der Waals surface area contributed by atoms with Crippen molar-refractivity contribution in [3.8, 4) is 0 Å². The summed E-state index contributed by atoms with van der Waals surface area (Å²) in [5.74, 6) is 1.26. The Bertz CT molecular complexity index is 979. The fourth-order valence-electron chi connectivity index (χ4n) is 3.80. The number of carbonyl (C=O) groups excluding carboxylic acids is 1. The first-order chi connectivity index (χ1) is 13.0. The lowest BCUT2D eigenvalue weighted by molar-refractivity contribution is -0.117. The van der Waals surface area contributed by atoms with Gasteiger partial charge in [-0.05, 0) is 42.7 Å². The van der Waals surface area contributed by atoms with Crippen LogP contribution >= 0.6 is 0 Å². The molecule has 2 heterocycles. The summed E-state index contributed by atoms with van der Waals surface area (Å²) in [4.78, 5) is 19.2. The quantitative estimate of drug-likeness (QED) is 0.655. The molecule has 1 fully saturated rings. The van der Waals surface area contributed by atoms with Crippen molar-refractivity contribution in [1.82, 2.24) is 9.55 Å². The number of amides is 1. The van der Waals surface area contributed by atoms with Gasteiger partial charge in [-0.3, -0.25) is 4.79 Å². The Morgan fingerprint density at radius 2 is 2.00 bits per heavy atom. The zero-order chi connectivity index (χ0) is 19.0. The maximum absolute atomic E-state index is 13.6. The fraction of sp³-hybridized carbons (Fsp3) is 0.364. The molecule has 1 unspecified atom stereocenters. The number of fused-ring (bicyclic) bond motifs is 1. The van der Waals surface area contributed by atoms with Gasteiger partial charge in [0.05, 0.1) is 11.0 Å². The van der Waals surface area contributed by atoms with Crippen molar-refractivity contribution in [3.05, 3.63) is 60.2 Å². The summed E-state index contributed by atoms with van der Waals surface area (Å²) in [6.07, 6.45) is 1.46. The number of hydrogen-bond acceptors (Lipinski definition) is 2. The van der Waals surface area contributed by atoms with Crippen LogP contribution in [0.5, 0.6) is 0 Å².